The van der Waals surface area contributed by atoms with E-state index in [1.165, 1.54) is 11.8 Å². The second-order valence-corrected chi connectivity index (χ2v) is 4.95. The number of rotatable bonds is 4. The molecule has 0 fully saturated rings. The number of carboxylic acid groups (broad SMARTS) is 1. The fraction of sp³-hybridized carbons (Fsp3) is 0.118. The molecule has 7 nitrogen and oxygen atoms in total. The number of fused-ring (bicyclic) bond motifs is 1. The van der Waals surface area contributed by atoms with Gasteiger partial charge in [-0.2, -0.15) is 5.10 Å². The summed E-state index contributed by atoms with van der Waals surface area (Å²) in [6, 6.07) is 11.9. The molecule has 122 valence electrons. The maximum atomic E-state index is 12.5. The highest BCUT2D eigenvalue weighted by molar-refractivity contribution is 5.93. The lowest BCUT2D eigenvalue weighted by molar-refractivity contribution is 0.0687. The van der Waals surface area contributed by atoms with Gasteiger partial charge in [-0.15, -0.1) is 0 Å². The van der Waals surface area contributed by atoms with Gasteiger partial charge in [-0.05, 0) is 36.4 Å². The van der Waals surface area contributed by atoms with Crippen molar-refractivity contribution in [3.05, 3.63) is 58.4 Å². The molecule has 3 aromatic rings. The van der Waals surface area contributed by atoms with Gasteiger partial charge >= 0.3 is 5.97 Å². The highest BCUT2D eigenvalue weighted by atomic mass is 16.5. The van der Waals surface area contributed by atoms with Crippen molar-refractivity contribution in [1.29, 1.82) is 0 Å². The molecule has 0 saturated heterocycles. The zero-order chi connectivity index (χ0) is 17.3. The Bertz CT molecular complexity index is 977. The highest BCUT2D eigenvalue weighted by Crippen LogP contribution is 2.25. The lowest BCUT2D eigenvalue weighted by atomic mass is 10.1. The smallest absolute Gasteiger partial charge is 0.360 e. The van der Waals surface area contributed by atoms with Crippen LogP contribution in [-0.4, -0.2) is 35.1 Å². The molecule has 0 spiro atoms. The summed E-state index contributed by atoms with van der Waals surface area (Å²) >= 11 is 0. The van der Waals surface area contributed by atoms with Crippen molar-refractivity contribution < 1.29 is 19.4 Å². The second-order valence-electron chi connectivity index (χ2n) is 4.95. The van der Waals surface area contributed by atoms with Gasteiger partial charge in [-0.1, -0.05) is 6.07 Å². The van der Waals surface area contributed by atoms with Crippen LogP contribution in [0.15, 0.2) is 47.3 Å². The molecule has 0 saturated carbocycles. The van der Waals surface area contributed by atoms with Crippen LogP contribution < -0.4 is 14.9 Å². The van der Waals surface area contributed by atoms with Crippen LogP contribution in [0, 0.1) is 0 Å². The van der Waals surface area contributed by atoms with Gasteiger partial charge in [0, 0.05) is 0 Å². The van der Waals surface area contributed by atoms with E-state index in [0.717, 1.165) is 0 Å². The van der Waals surface area contributed by atoms with Gasteiger partial charge in [-0.25, -0.2) is 9.48 Å². The topological polar surface area (TPSA) is 90.7 Å². The Labute approximate surface area is 136 Å². The number of methoxy groups -OCH3 is 2. The Morgan fingerprint density at radius 3 is 2.38 bits per heavy atom. The molecule has 1 heterocycles. The van der Waals surface area contributed by atoms with Crippen LogP contribution in [0.3, 0.4) is 0 Å². The van der Waals surface area contributed by atoms with Crippen LogP contribution in [0.5, 0.6) is 11.5 Å². The monoisotopic (exact) mass is 326 g/mol. The molecule has 24 heavy (non-hydrogen) atoms. The summed E-state index contributed by atoms with van der Waals surface area (Å²) in [5.41, 5.74) is -0.200. The predicted octanol–water partition coefficient (Wildman–Crippen LogP) is 2.10. The van der Waals surface area contributed by atoms with E-state index in [2.05, 4.69) is 5.10 Å². The first-order chi connectivity index (χ1) is 11.6. The van der Waals surface area contributed by atoms with Gasteiger partial charge in [0.05, 0.1) is 30.8 Å². The van der Waals surface area contributed by atoms with E-state index in [1.54, 1.807) is 49.6 Å². The van der Waals surface area contributed by atoms with Crippen molar-refractivity contribution in [2.75, 3.05) is 14.2 Å². The minimum absolute atomic E-state index is 0.170. The zero-order valence-electron chi connectivity index (χ0n) is 13.0. The summed E-state index contributed by atoms with van der Waals surface area (Å²) in [7, 11) is 2.97. The second kappa shape index (κ2) is 6.04. The molecule has 1 N–H and O–H groups in total. The molecule has 0 aliphatic rings. The largest absolute Gasteiger partial charge is 0.497 e. The third kappa shape index (κ3) is 2.45. The van der Waals surface area contributed by atoms with Crippen molar-refractivity contribution in [2.24, 2.45) is 0 Å². The SMILES string of the molecule is COc1ccc(-n2nc(C(=O)O)c(=O)c3c(OC)cccc32)cc1. The molecule has 7 heteroatoms. The van der Waals surface area contributed by atoms with Crippen LogP contribution in [0.4, 0.5) is 0 Å². The van der Waals surface area contributed by atoms with Gasteiger partial charge in [0.15, 0.2) is 0 Å². The zero-order valence-corrected chi connectivity index (χ0v) is 13.0. The summed E-state index contributed by atoms with van der Waals surface area (Å²) in [5, 5.41) is 13.5. The Morgan fingerprint density at radius 2 is 1.79 bits per heavy atom. The first-order valence-electron chi connectivity index (χ1n) is 7.04. The van der Waals surface area contributed by atoms with Gasteiger partial charge in [0.25, 0.3) is 0 Å². The van der Waals surface area contributed by atoms with E-state index in [1.807, 2.05) is 0 Å². The molecule has 0 amide bonds. The van der Waals surface area contributed by atoms with E-state index >= 15 is 0 Å². The Kier molecular flexibility index (Phi) is 3.91. The molecule has 0 bridgehead atoms. The van der Waals surface area contributed by atoms with Crippen molar-refractivity contribution in [1.82, 2.24) is 9.78 Å². The number of ether oxygens (including phenoxy) is 2. The van der Waals surface area contributed by atoms with Gasteiger partial charge in [0.2, 0.25) is 11.1 Å². The molecule has 0 radical (unpaired) electrons. The first-order valence-corrected chi connectivity index (χ1v) is 7.04. The Morgan fingerprint density at radius 1 is 1.08 bits per heavy atom. The van der Waals surface area contributed by atoms with E-state index in [9.17, 15) is 14.7 Å². The minimum Gasteiger partial charge on any atom is -0.497 e. The Hall–Kier alpha value is -3.35. The van der Waals surface area contributed by atoms with E-state index in [4.69, 9.17) is 9.47 Å². The van der Waals surface area contributed by atoms with Crippen LogP contribution in [0.25, 0.3) is 16.6 Å². The third-order valence-corrected chi connectivity index (χ3v) is 3.61. The lowest BCUT2D eigenvalue weighted by Gasteiger charge is -2.13. The van der Waals surface area contributed by atoms with Crippen molar-refractivity contribution >= 4 is 16.9 Å². The molecular formula is C17H14N2O5. The van der Waals surface area contributed by atoms with Gasteiger partial charge < -0.3 is 14.6 Å². The third-order valence-electron chi connectivity index (χ3n) is 3.61. The number of carbonyl (C=O) groups is 1. The molecule has 0 aliphatic carbocycles. The van der Waals surface area contributed by atoms with Crippen LogP contribution >= 0.6 is 0 Å². The summed E-state index contributed by atoms with van der Waals surface area (Å²) in [4.78, 5) is 23.9. The van der Waals surface area contributed by atoms with Crippen LogP contribution in [-0.2, 0) is 0 Å². The van der Waals surface area contributed by atoms with Crippen molar-refractivity contribution in [3.63, 3.8) is 0 Å². The summed E-state index contributed by atoms with van der Waals surface area (Å²) in [6.45, 7) is 0. The number of benzene rings is 2. The molecule has 2 aromatic carbocycles. The quantitative estimate of drug-likeness (QED) is 0.789. The molecule has 0 aliphatic heterocycles. The van der Waals surface area contributed by atoms with Crippen molar-refractivity contribution in [3.8, 4) is 17.2 Å². The number of carboxylic acids is 1. The highest BCUT2D eigenvalue weighted by Gasteiger charge is 2.19. The fourth-order valence-corrected chi connectivity index (χ4v) is 2.47. The number of hydrogen-bond donors (Lipinski definition) is 1. The maximum absolute atomic E-state index is 12.5. The predicted molar refractivity (Wildman–Crippen MR) is 87.4 cm³/mol. The summed E-state index contributed by atoms with van der Waals surface area (Å²) < 4.78 is 11.7. The number of hydrogen-bond acceptors (Lipinski definition) is 5. The van der Waals surface area contributed by atoms with Crippen LogP contribution in [0.1, 0.15) is 10.5 Å². The fourth-order valence-electron chi connectivity index (χ4n) is 2.47. The maximum Gasteiger partial charge on any atom is 0.360 e. The van der Waals surface area contributed by atoms with E-state index < -0.39 is 17.1 Å². The molecular weight excluding hydrogens is 312 g/mol. The first kappa shape index (κ1) is 15.5. The van der Waals surface area contributed by atoms with Crippen molar-refractivity contribution in [2.45, 2.75) is 0 Å². The number of aromatic carboxylic acids is 1. The summed E-state index contributed by atoms with van der Waals surface area (Å²) in [6.07, 6.45) is 0. The normalized spacial score (nSPS) is 10.6. The standard InChI is InChI=1S/C17H14N2O5/c1-23-11-8-6-10(7-9-11)19-12-4-3-5-13(24-2)14(12)16(20)15(18-19)17(21)22/h3-9H,1-2H3,(H,21,22). The number of nitrogens with zero attached hydrogens (tertiary/aromatic N) is 2. The van der Waals surface area contributed by atoms with Gasteiger partial charge in [0.1, 0.15) is 11.5 Å². The summed E-state index contributed by atoms with van der Waals surface area (Å²) in [5.74, 6) is -0.445. The Balaban J connectivity index is 2.40. The molecule has 0 atom stereocenters. The van der Waals surface area contributed by atoms with Crippen LogP contribution in [0.2, 0.25) is 0 Å². The van der Waals surface area contributed by atoms with Gasteiger partial charge in [-0.3, -0.25) is 4.79 Å². The number of aromatic nitrogens is 2. The molecule has 3 rings (SSSR count). The lowest BCUT2D eigenvalue weighted by Crippen LogP contribution is -2.22. The average Bonchev–Trinajstić information content (AvgIpc) is 2.61. The minimum atomic E-state index is -1.39. The van der Waals surface area contributed by atoms with E-state index in [-0.39, 0.29) is 5.39 Å². The molecule has 1 aromatic heterocycles. The molecule has 0 unspecified atom stereocenters. The average molecular weight is 326 g/mol. The van der Waals surface area contributed by atoms with E-state index in [0.29, 0.717) is 22.7 Å².